The van der Waals surface area contributed by atoms with Crippen LogP contribution in [0.4, 0.5) is 0 Å². The molecule has 0 saturated carbocycles. The van der Waals surface area contributed by atoms with Crippen LogP contribution in [0.5, 0.6) is 5.75 Å². The molecule has 5 heteroatoms. The van der Waals surface area contributed by atoms with E-state index < -0.39 is 0 Å². The Labute approximate surface area is 115 Å². The van der Waals surface area contributed by atoms with E-state index >= 15 is 0 Å². The summed E-state index contributed by atoms with van der Waals surface area (Å²) in [7, 11) is 0. The third-order valence-electron chi connectivity index (χ3n) is 3.11. The van der Waals surface area contributed by atoms with Gasteiger partial charge in [0.25, 0.3) is 5.91 Å². The highest BCUT2D eigenvalue weighted by Gasteiger charge is 2.21. The quantitative estimate of drug-likeness (QED) is 0.885. The number of carbonyl (C=O) groups excluding carboxylic acids is 1. The molecule has 0 spiro atoms. The maximum absolute atomic E-state index is 12.0. The average molecular weight is 277 g/mol. The SMILES string of the molecule is O=C(NC1COc2ccccc2C1)c1cc(Cl)c[nH]1. The molecule has 0 bridgehead atoms. The minimum atomic E-state index is -0.167. The molecule has 98 valence electrons. The number of rotatable bonds is 2. The number of fused-ring (bicyclic) bond motifs is 1. The summed E-state index contributed by atoms with van der Waals surface area (Å²) >= 11 is 5.78. The first kappa shape index (κ1) is 12.1. The number of aromatic amines is 1. The lowest BCUT2D eigenvalue weighted by Gasteiger charge is -2.25. The Morgan fingerprint density at radius 3 is 3.05 bits per heavy atom. The predicted octanol–water partition coefficient (Wildman–Crippen LogP) is 2.40. The third-order valence-corrected chi connectivity index (χ3v) is 3.32. The van der Waals surface area contributed by atoms with Gasteiger partial charge < -0.3 is 15.0 Å². The molecule has 0 fully saturated rings. The summed E-state index contributed by atoms with van der Waals surface area (Å²) in [6.45, 7) is 0.483. The van der Waals surface area contributed by atoms with Gasteiger partial charge in [-0.15, -0.1) is 0 Å². The van der Waals surface area contributed by atoms with Gasteiger partial charge in [-0.2, -0.15) is 0 Å². The van der Waals surface area contributed by atoms with Gasteiger partial charge in [-0.25, -0.2) is 0 Å². The Bertz CT molecular complexity index is 609. The fourth-order valence-electron chi connectivity index (χ4n) is 2.18. The molecule has 2 heterocycles. The lowest BCUT2D eigenvalue weighted by molar-refractivity contribution is 0.0911. The van der Waals surface area contributed by atoms with Crippen molar-refractivity contribution in [1.82, 2.24) is 10.3 Å². The summed E-state index contributed by atoms with van der Waals surface area (Å²) in [4.78, 5) is 14.8. The van der Waals surface area contributed by atoms with E-state index in [9.17, 15) is 4.79 Å². The van der Waals surface area contributed by atoms with E-state index in [0.717, 1.165) is 17.7 Å². The van der Waals surface area contributed by atoms with Crippen molar-refractivity contribution < 1.29 is 9.53 Å². The second-order valence-corrected chi connectivity index (χ2v) is 4.96. The molecule has 0 saturated heterocycles. The number of hydrogen-bond acceptors (Lipinski definition) is 2. The van der Waals surface area contributed by atoms with Crippen molar-refractivity contribution >= 4 is 17.5 Å². The molecule has 0 aliphatic carbocycles. The molecule has 1 atom stereocenters. The van der Waals surface area contributed by atoms with E-state index in [1.807, 2.05) is 24.3 Å². The average Bonchev–Trinajstić information content (AvgIpc) is 2.85. The van der Waals surface area contributed by atoms with Crippen LogP contribution >= 0.6 is 11.6 Å². The number of carbonyl (C=O) groups is 1. The van der Waals surface area contributed by atoms with Crippen molar-refractivity contribution in [3.05, 3.63) is 52.8 Å². The number of aromatic nitrogens is 1. The van der Waals surface area contributed by atoms with E-state index in [0.29, 0.717) is 17.3 Å². The molecule has 1 unspecified atom stereocenters. The van der Waals surface area contributed by atoms with Crippen molar-refractivity contribution in [3.63, 3.8) is 0 Å². The molecule has 1 aliphatic heterocycles. The standard InChI is InChI=1S/C14H13ClN2O2/c15-10-6-12(16-7-10)14(18)17-11-5-9-3-1-2-4-13(9)19-8-11/h1-4,6-7,11,16H,5,8H2,(H,17,18). The van der Waals surface area contributed by atoms with Crippen LogP contribution in [0.25, 0.3) is 0 Å². The van der Waals surface area contributed by atoms with Crippen LogP contribution in [0.1, 0.15) is 16.1 Å². The van der Waals surface area contributed by atoms with E-state index in [1.165, 1.54) is 0 Å². The number of halogens is 1. The molecule has 1 aromatic heterocycles. The molecule has 1 amide bonds. The van der Waals surface area contributed by atoms with E-state index in [4.69, 9.17) is 16.3 Å². The molecule has 4 nitrogen and oxygen atoms in total. The van der Waals surface area contributed by atoms with Crippen LogP contribution in [0, 0.1) is 0 Å². The fourth-order valence-corrected chi connectivity index (χ4v) is 2.35. The number of amides is 1. The number of benzene rings is 1. The Hall–Kier alpha value is -1.94. The Kier molecular flexibility index (Phi) is 3.17. The number of hydrogen-bond donors (Lipinski definition) is 2. The fraction of sp³-hybridized carbons (Fsp3) is 0.214. The first-order valence-corrected chi connectivity index (χ1v) is 6.45. The lowest BCUT2D eigenvalue weighted by Crippen LogP contribution is -2.42. The van der Waals surface area contributed by atoms with E-state index in [1.54, 1.807) is 12.3 Å². The zero-order valence-corrected chi connectivity index (χ0v) is 10.9. The van der Waals surface area contributed by atoms with Crippen LogP contribution in [-0.4, -0.2) is 23.5 Å². The monoisotopic (exact) mass is 276 g/mol. The van der Waals surface area contributed by atoms with Gasteiger partial charge in [0.1, 0.15) is 18.1 Å². The summed E-state index contributed by atoms with van der Waals surface area (Å²) in [6.07, 6.45) is 2.36. The minimum absolute atomic E-state index is 0.0236. The van der Waals surface area contributed by atoms with Gasteiger partial charge in [0, 0.05) is 6.20 Å². The second-order valence-electron chi connectivity index (χ2n) is 4.52. The van der Waals surface area contributed by atoms with Gasteiger partial charge in [0.15, 0.2) is 0 Å². The van der Waals surface area contributed by atoms with Crippen molar-refractivity contribution in [1.29, 1.82) is 0 Å². The maximum atomic E-state index is 12.0. The maximum Gasteiger partial charge on any atom is 0.268 e. The molecule has 1 aliphatic rings. The van der Waals surface area contributed by atoms with E-state index in [-0.39, 0.29) is 11.9 Å². The first-order valence-electron chi connectivity index (χ1n) is 6.08. The van der Waals surface area contributed by atoms with Crippen molar-refractivity contribution in [2.75, 3.05) is 6.61 Å². The van der Waals surface area contributed by atoms with Crippen LogP contribution in [0.2, 0.25) is 5.02 Å². The lowest BCUT2D eigenvalue weighted by atomic mass is 10.0. The smallest absolute Gasteiger partial charge is 0.268 e. The topological polar surface area (TPSA) is 54.1 Å². The highest BCUT2D eigenvalue weighted by molar-refractivity contribution is 6.30. The van der Waals surface area contributed by atoms with Crippen molar-refractivity contribution in [2.24, 2.45) is 0 Å². The van der Waals surface area contributed by atoms with Gasteiger partial charge in [-0.3, -0.25) is 4.79 Å². The van der Waals surface area contributed by atoms with Gasteiger partial charge in [-0.1, -0.05) is 29.8 Å². The number of para-hydroxylation sites is 1. The number of H-pyrrole nitrogens is 1. The molecule has 2 aromatic rings. The molecular formula is C14H13ClN2O2. The van der Waals surface area contributed by atoms with Gasteiger partial charge in [0.05, 0.1) is 11.1 Å². The summed E-state index contributed by atoms with van der Waals surface area (Å²) in [5, 5.41) is 3.46. The Morgan fingerprint density at radius 1 is 1.42 bits per heavy atom. The Morgan fingerprint density at radius 2 is 2.26 bits per heavy atom. The highest BCUT2D eigenvalue weighted by Crippen LogP contribution is 2.24. The normalized spacial score (nSPS) is 17.4. The number of ether oxygens (including phenoxy) is 1. The van der Waals surface area contributed by atoms with Crippen LogP contribution in [-0.2, 0) is 6.42 Å². The molecule has 1 aromatic carbocycles. The highest BCUT2D eigenvalue weighted by atomic mass is 35.5. The van der Waals surface area contributed by atoms with Gasteiger partial charge in [-0.05, 0) is 24.1 Å². The van der Waals surface area contributed by atoms with E-state index in [2.05, 4.69) is 10.3 Å². The van der Waals surface area contributed by atoms with Gasteiger partial charge in [0.2, 0.25) is 0 Å². The molecule has 19 heavy (non-hydrogen) atoms. The van der Waals surface area contributed by atoms with Crippen LogP contribution < -0.4 is 10.1 Å². The van der Waals surface area contributed by atoms with Crippen molar-refractivity contribution in [2.45, 2.75) is 12.5 Å². The summed E-state index contributed by atoms with van der Waals surface area (Å²) in [5.41, 5.74) is 1.58. The predicted molar refractivity (Wildman–Crippen MR) is 72.7 cm³/mol. The van der Waals surface area contributed by atoms with Crippen molar-refractivity contribution in [3.8, 4) is 5.75 Å². The third kappa shape index (κ3) is 2.58. The van der Waals surface area contributed by atoms with Crippen LogP contribution in [0.15, 0.2) is 36.5 Å². The summed E-state index contributed by atoms with van der Waals surface area (Å²) in [5.74, 6) is 0.732. The second kappa shape index (κ2) is 4.97. The number of nitrogens with one attached hydrogen (secondary N) is 2. The molecular weight excluding hydrogens is 264 g/mol. The zero-order chi connectivity index (χ0) is 13.2. The minimum Gasteiger partial charge on any atom is -0.491 e. The summed E-state index contributed by atoms with van der Waals surface area (Å²) < 4.78 is 5.63. The molecule has 0 radical (unpaired) electrons. The van der Waals surface area contributed by atoms with Gasteiger partial charge >= 0.3 is 0 Å². The molecule has 2 N–H and O–H groups in total. The molecule has 3 rings (SSSR count). The zero-order valence-electron chi connectivity index (χ0n) is 10.2. The van der Waals surface area contributed by atoms with Crippen LogP contribution in [0.3, 0.4) is 0 Å². The largest absolute Gasteiger partial charge is 0.491 e. The first-order chi connectivity index (χ1) is 9.22. The Balaban J connectivity index is 1.68. The summed E-state index contributed by atoms with van der Waals surface area (Å²) in [6, 6.07) is 9.45.